The van der Waals surface area contributed by atoms with Crippen molar-refractivity contribution < 1.29 is 5.11 Å². The molecule has 0 fully saturated rings. The molecule has 0 aliphatic heterocycles. The fraction of sp³-hybridized carbons (Fsp3) is 0.714. The van der Waals surface area contributed by atoms with E-state index in [1.54, 1.807) is 17.0 Å². The minimum absolute atomic E-state index is 0.162. The maximum Gasteiger partial charge on any atom is 0.293 e. The SMILES string of the molecule is CCC(O)(CC)CNc1nccn(C(C)(C)C)c1=O. The van der Waals surface area contributed by atoms with E-state index in [2.05, 4.69) is 10.3 Å². The van der Waals surface area contributed by atoms with Gasteiger partial charge in [0.1, 0.15) is 0 Å². The molecule has 0 bridgehead atoms. The molecule has 1 rings (SSSR count). The number of aliphatic hydroxyl groups is 1. The van der Waals surface area contributed by atoms with Gasteiger partial charge in [-0.15, -0.1) is 0 Å². The molecule has 0 amide bonds. The Hall–Kier alpha value is -1.36. The summed E-state index contributed by atoms with van der Waals surface area (Å²) in [7, 11) is 0. The van der Waals surface area contributed by atoms with E-state index in [1.165, 1.54) is 0 Å². The van der Waals surface area contributed by atoms with Gasteiger partial charge in [-0.3, -0.25) is 4.79 Å². The van der Waals surface area contributed by atoms with Crippen LogP contribution in [0.4, 0.5) is 5.82 Å². The van der Waals surface area contributed by atoms with Gasteiger partial charge in [0.25, 0.3) is 5.56 Å². The molecule has 1 heterocycles. The van der Waals surface area contributed by atoms with Crippen molar-refractivity contribution in [3.05, 3.63) is 22.7 Å². The number of nitrogens with zero attached hydrogens (tertiary/aromatic N) is 2. The molecule has 0 aliphatic carbocycles. The van der Waals surface area contributed by atoms with Gasteiger partial charge in [-0.1, -0.05) is 13.8 Å². The molecule has 19 heavy (non-hydrogen) atoms. The first-order valence-corrected chi connectivity index (χ1v) is 6.78. The van der Waals surface area contributed by atoms with E-state index in [0.717, 1.165) is 0 Å². The lowest BCUT2D eigenvalue weighted by atomic mass is 9.98. The monoisotopic (exact) mass is 267 g/mol. The number of aromatic nitrogens is 2. The molecule has 5 heteroatoms. The van der Waals surface area contributed by atoms with E-state index in [0.29, 0.717) is 19.4 Å². The van der Waals surface area contributed by atoms with E-state index in [1.807, 2.05) is 34.6 Å². The molecule has 0 spiro atoms. The van der Waals surface area contributed by atoms with Crippen molar-refractivity contribution in [3.63, 3.8) is 0 Å². The van der Waals surface area contributed by atoms with E-state index >= 15 is 0 Å². The molecule has 1 aromatic rings. The van der Waals surface area contributed by atoms with Crippen LogP contribution in [0.5, 0.6) is 0 Å². The first kappa shape index (κ1) is 15.7. The Kier molecular flexibility index (Phi) is 4.74. The van der Waals surface area contributed by atoms with Crippen molar-refractivity contribution in [2.24, 2.45) is 0 Å². The summed E-state index contributed by atoms with van der Waals surface area (Å²) in [6.07, 6.45) is 4.55. The second-order valence-corrected chi connectivity index (χ2v) is 5.91. The molecule has 0 aliphatic rings. The number of hydrogen-bond acceptors (Lipinski definition) is 4. The molecule has 0 radical (unpaired) electrons. The van der Waals surface area contributed by atoms with Gasteiger partial charge in [0.2, 0.25) is 0 Å². The summed E-state index contributed by atoms with van der Waals surface area (Å²) in [6.45, 7) is 10.1. The van der Waals surface area contributed by atoms with Gasteiger partial charge in [0.05, 0.1) is 5.60 Å². The third-order valence-corrected chi connectivity index (χ3v) is 3.46. The molecule has 2 N–H and O–H groups in total. The third-order valence-electron chi connectivity index (χ3n) is 3.46. The van der Waals surface area contributed by atoms with Crippen LogP contribution >= 0.6 is 0 Å². The van der Waals surface area contributed by atoms with Crippen LogP contribution in [0.25, 0.3) is 0 Å². The van der Waals surface area contributed by atoms with Crippen LogP contribution in [0.3, 0.4) is 0 Å². The smallest absolute Gasteiger partial charge is 0.293 e. The third kappa shape index (κ3) is 3.80. The molecule has 108 valence electrons. The van der Waals surface area contributed by atoms with Crippen molar-refractivity contribution in [2.45, 2.75) is 58.6 Å². The van der Waals surface area contributed by atoms with Gasteiger partial charge in [-0.2, -0.15) is 0 Å². The summed E-state index contributed by atoms with van der Waals surface area (Å²) in [5.74, 6) is 0.290. The van der Waals surface area contributed by atoms with Crippen LogP contribution in [-0.2, 0) is 5.54 Å². The number of nitrogens with one attached hydrogen (secondary N) is 1. The van der Waals surface area contributed by atoms with Crippen LogP contribution in [0.1, 0.15) is 47.5 Å². The lowest BCUT2D eigenvalue weighted by molar-refractivity contribution is 0.0456. The van der Waals surface area contributed by atoms with Gasteiger partial charge in [0.15, 0.2) is 5.82 Å². The van der Waals surface area contributed by atoms with Crippen molar-refractivity contribution in [3.8, 4) is 0 Å². The van der Waals surface area contributed by atoms with Gasteiger partial charge in [0, 0.05) is 24.5 Å². The summed E-state index contributed by atoms with van der Waals surface area (Å²) in [5, 5.41) is 13.2. The predicted molar refractivity (Wildman–Crippen MR) is 77.5 cm³/mol. The summed E-state index contributed by atoms with van der Waals surface area (Å²) in [4.78, 5) is 16.3. The van der Waals surface area contributed by atoms with Crippen LogP contribution < -0.4 is 10.9 Å². The standard InChI is InChI=1S/C14H25N3O2/c1-6-14(19,7-2)10-16-11-12(18)17(9-8-15-11)13(3,4)5/h8-9,19H,6-7,10H2,1-5H3,(H,15,16). The maximum absolute atomic E-state index is 12.3. The molecule has 0 saturated heterocycles. The average molecular weight is 267 g/mol. The normalized spacial score (nSPS) is 12.5. The highest BCUT2D eigenvalue weighted by atomic mass is 16.3. The molecule has 0 unspecified atom stereocenters. The second kappa shape index (κ2) is 5.74. The zero-order chi connectivity index (χ0) is 14.7. The van der Waals surface area contributed by atoms with Gasteiger partial charge in [-0.05, 0) is 33.6 Å². The minimum Gasteiger partial charge on any atom is -0.388 e. The fourth-order valence-corrected chi connectivity index (χ4v) is 1.81. The largest absolute Gasteiger partial charge is 0.388 e. The number of hydrogen-bond donors (Lipinski definition) is 2. The highest BCUT2D eigenvalue weighted by Gasteiger charge is 2.23. The van der Waals surface area contributed by atoms with E-state index in [-0.39, 0.29) is 16.9 Å². The molecular weight excluding hydrogens is 242 g/mol. The fourth-order valence-electron chi connectivity index (χ4n) is 1.81. The van der Waals surface area contributed by atoms with E-state index in [4.69, 9.17) is 0 Å². The van der Waals surface area contributed by atoms with Crippen molar-refractivity contribution >= 4 is 5.82 Å². The predicted octanol–water partition coefficient (Wildman–Crippen LogP) is 1.96. The summed E-state index contributed by atoms with van der Waals surface area (Å²) < 4.78 is 1.64. The zero-order valence-corrected chi connectivity index (χ0v) is 12.5. The number of anilines is 1. The van der Waals surface area contributed by atoms with Crippen LogP contribution in [-0.4, -0.2) is 26.8 Å². The highest BCUT2D eigenvalue weighted by Crippen LogP contribution is 2.15. The summed E-state index contributed by atoms with van der Waals surface area (Å²) in [6, 6.07) is 0. The van der Waals surface area contributed by atoms with E-state index in [9.17, 15) is 9.90 Å². The molecule has 1 aromatic heterocycles. The lowest BCUT2D eigenvalue weighted by Crippen LogP contribution is -2.39. The molecule has 0 aromatic carbocycles. The minimum atomic E-state index is -0.795. The summed E-state index contributed by atoms with van der Waals surface area (Å²) >= 11 is 0. The average Bonchev–Trinajstić information content (AvgIpc) is 2.36. The highest BCUT2D eigenvalue weighted by molar-refractivity contribution is 5.31. The Labute approximate surface area is 114 Å². The quantitative estimate of drug-likeness (QED) is 0.856. The van der Waals surface area contributed by atoms with Crippen molar-refractivity contribution in [1.29, 1.82) is 0 Å². The Morgan fingerprint density at radius 1 is 1.32 bits per heavy atom. The lowest BCUT2D eigenvalue weighted by Gasteiger charge is -2.26. The summed E-state index contributed by atoms with van der Waals surface area (Å²) in [5.41, 5.74) is -1.25. The first-order chi connectivity index (χ1) is 8.73. The zero-order valence-electron chi connectivity index (χ0n) is 12.5. The van der Waals surface area contributed by atoms with Crippen LogP contribution in [0.2, 0.25) is 0 Å². The molecular formula is C14H25N3O2. The Bertz CT molecular complexity index is 470. The van der Waals surface area contributed by atoms with Crippen molar-refractivity contribution in [1.82, 2.24) is 9.55 Å². The Morgan fingerprint density at radius 2 is 1.89 bits per heavy atom. The van der Waals surface area contributed by atoms with Crippen LogP contribution in [0.15, 0.2) is 17.2 Å². The number of rotatable bonds is 5. The molecule has 0 atom stereocenters. The maximum atomic E-state index is 12.3. The Balaban J connectivity index is 2.96. The van der Waals surface area contributed by atoms with Gasteiger partial charge < -0.3 is 15.0 Å². The second-order valence-electron chi connectivity index (χ2n) is 5.91. The Morgan fingerprint density at radius 3 is 2.37 bits per heavy atom. The molecule has 5 nitrogen and oxygen atoms in total. The van der Waals surface area contributed by atoms with Gasteiger partial charge >= 0.3 is 0 Å². The molecule has 0 saturated carbocycles. The van der Waals surface area contributed by atoms with Crippen LogP contribution in [0, 0.1) is 0 Å². The first-order valence-electron chi connectivity index (χ1n) is 6.78. The van der Waals surface area contributed by atoms with Gasteiger partial charge in [-0.25, -0.2) is 4.98 Å². The van der Waals surface area contributed by atoms with E-state index < -0.39 is 5.60 Å². The topological polar surface area (TPSA) is 67.2 Å². The van der Waals surface area contributed by atoms with Crippen molar-refractivity contribution in [2.75, 3.05) is 11.9 Å².